The number of hydrogen-bond donors (Lipinski definition) is 1. The number of carbonyl (C=O) groups excluding carboxylic acids is 1. The Morgan fingerprint density at radius 1 is 1.33 bits per heavy atom. The van der Waals surface area contributed by atoms with Gasteiger partial charge >= 0.3 is 5.97 Å². The molecule has 0 unspecified atom stereocenters. The molecule has 0 aromatic carbocycles. The molecule has 0 radical (unpaired) electrons. The molecule has 0 rings (SSSR count). The van der Waals surface area contributed by atoms with E-state index in [0.717, 1.165) is 0 Å². The maximum atomic E-state index is 10.9. The molecule has 0 aromatic heterocycles. The van der Waals surface area contributed by atoms with Gasteiger partial charge in [0.15, 0.2) is 0 Å². The van der Waals surface area contributed by atoms with E-state index >= 15 is 0 Å². The summed E-state index contributed by atoms with van der Waals surface area (Å²) in [6, 6.07) is 0. The summed E-state index contributed by atoms with van der Waals surface area (Å²) in [5, 5.41) is 0. The quantitative estimate of drug-likeness (QED) is 0.650. The Labute approximate surface area is 75.3 Å². The molecule has 0 fully saturated rings. The normalized spacial score (nSPS) is 10.3. The van der Waals surface area contributed by atoms with Crippen LogP contribution in [0.15, 0.2) is 0 Å². The van der Waals surface area contributed by atoms with Crippen LogP contribution in [0, 0.1) is 0 Å². The van der Waals surface area contributed by atoms with Crippen LogP contribution in [0.25, 0.3) is 0 Å². The van der Waals surface area contributed by atoms with Crippen LogP contribution in [0.1, 0.15) is 41.5 Å². The minimum Gasteiger partial charge on any atom is -0.462 e. The van der Waals surface area contributed by atoms with Crippen molar-refractivity contribution in [1.82, 2.24) is 0 Å². The van der Waals surface area contributed by atoms with E-state index in [9.17, 15) is 4.79 Å². The lowest BCUT2D eigenvalue weighted by molar-refractivity contribution is -0.152. The Kier molecular flexibility index (Phi) is 6.99. The summed E-state index contributed by atoms with van der Waals surface area (Å²) in [5.74, 6) is -0.359. The van der Waals surface area contributed by atoms with Crippen LogP contribution in [-0.2, 0) is 9.53 Å². The molecular formula is C9H21NO2. The number of hydrogen-bond acceptors (Lipinski definition) is 3. The molecule has 0 aliphatic rings. The third-order valence-corrected chi connectivity index (χ3v) is 0.869. The van der Waals surface area contributed by atoms with E-state index in [1.54, 1.807) is 27.7 Å². The summed E-state index contributed by atoms with van der Waals surface area (Å²) in [6.45, 7) is 10.8. The predicted molar refractivity (Wildman–Crippen MR) is 50.8 cm³/mol. The molecular weight excluding hydrogens is 154 g/mol. The minimum atomic E-state index is -0.871. The van der Waals surface area contributed by atoms with Gasteiger partial charge < -0.3 is 10.5 Å². The zero-order valence-electron chi connectivity index (χ0n) is 8.97. The molecule has 3 heteroatoms. The van der Waals surface area contributed by atoms with Gasteiger partial charge in [-0.05, 0) is 27.7 Å². The summed E-state index contributed by atoms with van der Waals surface area (Å²) < 4.78 is 4.85. The Morgan fingerprint density at radius 2 is 1.67 bits per heavy atom. The van der Waals surface area contributed by atoms with Gasteiger partial charge in [-0.15, -0.1) is 0 Å². The first-order valence-corrected chi connectivity index (χ1v) is 4.34. The number of carbonyl (C=O) groups is 1. The zero-order valence-corrected chi connectivity index (χ0v) is 8.97. The topological polar surface area (TPSA) is 52.3 Å². The summed E-state index contributed by atoms with van der Waals surface area (Å²) in [7, 11) is 0. The van der Waals surface area contributed by atoms with Crippen LogP contribution in [0.2, 0.25) is 0 Å². The largest absolute Gasteiger partial charge is 0.462 e. The first-order valence-electron chi connectivity index (χ1n) is 4.34. The third-order valence-electron chi connectivity index (χ3n) is 0.869. The van der Waals surface area contributed by atoms with Gasteiger partial charge in [0.1, 0.15) is 5.54 Å². The number of ether oxygens (including phenoxy) is 1. The second-order valence-electron chi connectivity index (χ2n) is 3.18. The molecule has 0 bridgehead atoms. The van der Waals surface area contributed by atoms with Gasteiger partial charge in [0.2, 0.25) is 0 Å². The lowest BCUT2D eigenvalue weighted by atomic mass is 10.1. The lowest BCUT2D eigenvalue weighted by Gasteiger charge is -2.18. The summed E-state index contributed by atoms with van der Waals surface area (Å²) in [4.78, 5) is 10.9. The molecule has 0 saturated carbocycles. The van der Waals surface area contributed by atoms with Gasteiger partial charge in [-0.3, -0.25) is 4.79 Å². The number of nitrogens with two attached hydrogens (primary N) is 1. The number of esters is 1. The highest BCUT2D eigenvalue weighted by molar-refractivity contribution is 5.79. The van der Waals surface area contributed by atoms with E-state index in [4.69, 9.17) is 10.5 Å². The predicted octanol–water partition coefficient (Wildman–Crippen LogP) is 1.70. The van der Waals surface area contributed by atoms with Crippen LogP contribution in [0.4, 0.5) is 0 Å². The highest BCUT2D eigenvalue weighted by Gasteiger charge is 2.24. The molecule has 3 nitrogen and oxygen atoms in total. The van der Waals surface area contributed by atoms with Gasteiger partial charge in [0.05, 0.1) is 6.10 Å². The van der Waals surface area contributed by atoms with Gasteiger partial charge in [-0.2, -0.15) is 0 Å². The van der Waals surface area contributed by atoms with Crippen molar-refractivity contribution < 1.29 is 9.53 Å². The molecule has 0 saturated heterocycles. The first kappa shape index (κ1) is 14.0. The molecule has 0 amide bonds. The molecule has 0 atom stereocenters. The lowest BCUT2D eigenvalue weighted by Crippen LogP contribution is -2.43. The van der Waals surface area contributed by atoms with Gasteiger partial charge in [0.25, 0.3) is 0 Å². The minimum absolute atomic E-state index is 0.0877. The van der Waals surface area contributed by atoms with Crippen LogP contribution in [0.5, 0.6) is 0 Å². The van der Waals surface area contributed by atoms with E-state index in [1.807, 2.05) is 13.8 Å². The van der Waals surface area contributed by atoms with E-state index in [-0.39, 0.29) is 12.1 Å². The standard InChI is InChI=1S/C7H15NO2.C2H6/c1-5(2)10-6(9)7(3,4)8;1-2/h5H,8H2,1-4H3;1-2H3. The summed E-state index contributed by atoms with van der Waals surface area (Å²) in [5.41, 5.74) is 4.58. The second-order valence-corrected chi connectivity index (χ2v) is 3.18. The summed E-state index contributed by atoms with van der Waals surface area (Å²) in [6.07, 6.45) is -0.0877. The Hall–Kier alpha value is -0.570. The van der Waals surface area contributed by atoms with Gasteiger partial charge in [0, 0.05) is 0 Å². The van der Waals surface area contributed by atoms with Crippen molar-refractivity contribution in [1.29, 1.82) is 0 Å². The van der Waals surface area contributed by atoms with E-state index in [1.165, 1.54) is 0 Å². The van der Waals surface area contributed by atoms with Crippen molar-refractivity contribution in [2.45, 2.75) is 53.2 Å². The Bertz CT molecular complexity index is 125. The average molecular weight is 175 g/mol. The van der Waals surface area contributed by atoms with Crippen molar-refractivity contribution >= 4 is 5.97 Å². The van der Waals surface area contributed by atoms with Crippen molar-refractivity contribution in [3.63, 3.8) is 0 Å². The maximum Gasteiger partial charge on any atom is 0.325 e. The highest BCUT2D eigenvalue weighted by atomic mass is 16.5. The zero-order chi connectivity index (χ0) is 10.4. The fourth-order valence-corrected chi connectivity index (χ4v) is 0.366. The highest BCUT2D eigenvalue weighted by Crippen LogP contribution is 2.02. The van der Waals surface area contributed by atoms with Crippen LogP contribution in [-0.4, -0.2) is 17.6 Å². The molecule has 0 aliphatic heterocycles. The Balaban J connectivity index is 0. The van der Waals surface area contributed by atoms with Crippen molar-refractivity contribution in [2.75, 3.05) is 0 Å². The van der Waals surface area contributed by atoms with Gasteiger partial charge in [-0.1, -0.05) is 13.8 Å². The SMILES string of the molecule is CC.CC(C)OC(=O)C(C)(C)N. The molecule has 2 N–H and O–H groups in total. The van der Waals surface area contributed by atoms with Crippen LogP contribution < -0.4 is 5.73 Å². The van der Waals surface area contributed by atoms with Crippen LogP contribution >= 0.6 is 0 Å². The first-order chi connectivity index (χ1) is 5.34. The smallest absolute Gasteiger partial charge is 0.325 e. The van der Waals surface area contributed by atoms with Crippen molar-refractivity contribution in [3.05, 3.63) is 0 Å². The van der Waals surface area contributed by atoms with Crippen molar-refractivity contribution in [2.24, 2.45) is 5.73 Å². The monoisotopic (exact) mass is 175 g/mol. The molecule has 0 aromatic rings. The van der Waals surface area contributed by atoms with Gasteiger partial charge in [-0.25, -0.2) is 0 Å². The third kappa shape index (κ3) is 7.54. The fourth-order valence-electron chi connectivity index (χ4n) is 0.366. The second kappa shape index (κ2) is 6.00. The average Bonchev–Trinajstić information content (AvgIpc) is 1.88. The fraction of sp³-hybridized carbons (Fsp3) is 0.889. The van der Waals surface area contributed by atoms with E-state index in [2.05, 4.69) is 0 Å². The van der Waals surface area contributed by atoms with Crippen molar-refractivity contribution in [3.8, 4) is 0 Å². The molecule has 0 heterocycles. The van der Waals surface area contributed by atoms with E-state index < -0.39 is 5.54 Å². The molecule has 12 heavy (non-hydrogen) atoms. The van der Waals surface area contributed by atoms with Crippen LogP contribution in [0.3, 0.4) is 0 Å². The molecule has 74 valence electrons. The molecule has 0 aliphatic carbocycles. The number of rotatable bonds is 2. The van der Waals surface area contributed by atoms with E-state index in [0.29, 0.717) is 0 Å². The summed E-state index contributed by atoms with van der Waals surface area (Å²) >= 11 is 0. The maximum absolute atomic E-state index is 10.9. The Morgan fingerprint density at radius 3 is 1.75 bits per heavy atom. The molecule has 0 spiro atoms.